The molecule has 0 spiro atoms. The molecule has 0 aliphatic carbocycles. The van der Waals surface area contributed by atoms with Crippen LogP contribution < -0.4 is 15.4 Å². The summed E-state index contributed by atoms with van der Waals surface area (Å²) >= 11 is 0. The third-order valence-electron chi connectivity index (χ3n) is 5.98. The number of guanidine groups is 1. The quantitative estimate of drug-likeness (QED) is 0.213. The predicted octanol–water partition coefficient (Wildman–Crippen LogP) is 3.82. The zero-order valence-electron chi connectivity index (χ0n) is 19.8. The van der Waals surface area contributed by atoms with Gasteiger partial charge < -0.3 is 20.1 Å². The lowest BCUT2D eigenvalue weighted by Gasteiger charge is -2.36. The highest BCUT2D eigenvalue weighted by Crippen LogP contribution is 2.36. The lowest BCUT2D eigenvalue weighted by Crippen LogP contribution is -2.41. The predicted molar refractivity (Wildman–Crippen MR) is 140 cm³/mol. The van der Waals surface area contributed by atoms with Crippen LogP contribution in [0.25, 0.3) is 0 Å². The van der Waals surface area contributed by atoms with Gasteiger partial charge in [-0.2, -0.15) is 5.10 Å². The minimum atomic E-state index is -0.00340. The van der Waals surface area contributed by atoms with Crippen molar-refractivity contribution in [2.45, 2.75) is 52.0 Å². The van der Waals surface area contributed by atoms with E-state index in [0.717, 1.165) is 76.1 Å². The van der Waals surface area contributed by atoms with Crippen molar-refractivity contribution in [3.05, 3.63) is 47.3 Å². The van der Waals surface area contributed by atoms with Gasteiger partial charge in [0.1, 0.15) is 5.75 Å². The van der Waals surface area contributed by atoms with Crippen molar-refractivity contribution >= 4 is 29.9 Å². The Morgan fingerprint density at radius 1 is 1.19 bits per heavy atom. The molecule has 1 aliphatic heterocycles. The number of halogens is 1. The van der Waals surface area contributed by atoms with Gasteiger partial charge in [-0.05, 0) is 63.8 Å². The van der Waals surface area contributed by atoms with Crippen molar-refractivity contribution in [2.24, 2.45) is 4.99 Å². The number of benzene rings is 1. The molecule has 0 bridgehead atoms. The molecule has 2 aromatic rings. The molecule has 1 aromatic carbocycles. The van der Waals surface area contributed by atoms with Crippen LogP contribution in [0.3, 0.4) is 0 Å². The lowest BCUT2D eigenvalue weighted by molar-refractivity contribution is 0.0531. The van der Waals surface area contributed by atoms with Crippen molar-refractivity contribution in [3.63, 3.8) is 0 Å². The number of nitrogens with zero attached hydrogens (tertiary/aromatic N) is 3. The number of methoxy groups -OCH3 is 1. The van der Waals surface area contributed by atoms with E-state index in [-0.39, 0.29) is 29.4 Å². The first-order valence-electron chi connectivity index (χ1n) is 11.3. The molecule has 0 atom stereocenters. The molecule has 1 aliphatic rings. The Morgan fingerprint density at radius 3 is 2.50 bits per heavy atom. The first-order valence-corrected chi connectivity index (χ1v) is 11.3. The molecule has 7 nitrogen and oxygen atoms in total. The summed E-state index contributed by atoms with van der Waals surface area (Å²) in [5.74, 6) is 1.75. The van der Waals surface area contributed by atoms with Crippen LogP contribution in [0.1, 0.15) is 43.1 Å². The zero-order valence-corrected chi connectivity index (χ0v) is 22.1. The highest BCUT2D eigenvalue weighted by Gasteiger charge is 2.34. The summed E-state index contributed by atoms with van der Waals surface area (Å²) in [5, 5.41) is 11.4. The van der Waals surface area contributed by atoms with Gasteiger partial charge in [-0.1, -0.05) is 12.1 Å². The number of aromatic nitrogens is 2. The Morgan fingerprint density at radius 2 is 1.91 bits per heavy atom. The van der Waals surface area contributed by atoms with E-state index in [1.165, 1.54) is 11.3 Å². The molecule has 2 heterocycles. The lowest BCUT2D eigenvalue weighted by atomic mass is 9.74. The van der Waals surface area contributed by atoms with Crippen LogP contribution >= 0.6 is 24.0 Å². The fourth-order valence-electron chi connectivity index (χ4n) is 4.15. The van der Waals surface area contributed by atoms with Gasteiger partial charge in [-0.25, -0.2) is 0 Å². The first-order chi connectivity index (χ1) is 15.1. The number of rotatable bonds is 9. The molecule has 0 saturated carbocycles. The average molecular weight is 556 g/mol. The molecule has 2 N–H and O–H groups in total. The fraction of sp³-hybridized carbons (Fsp3) is 0.583. The van der Waals surface area contributed by atoms with Crippen LogP contribution in [0.2, 0.25) is 0 Å². The van der Waals surface area contributed by atoms with Crippen LogP contribution in [0.15, 0.2) is 35.3 Å². The van der Waals surface area contributed by atoms with E-state index >= 15 is 0 Å². The monoisotopic (exact) mass is 555 g/mol. The van der Waals surface area contributed by atoms with Gasteiger partial charge in [-0.15, -0.1) is 24.0 Å². The third-order valence-corrected chi connectivity index (χ3v) is 5.98. The highest BCUT2D eigenvalue weighted by atomic mass is 127. The van der Waals surface area contributed by atoms with E-state index in [1.807, 2.05) is 19.1 Å². The van der Waals surface area contributed by atoms with Crippen molar-refractivity contribution in [2.75, 3.05) is 40.0 Å². The second-order valence-corrected chi connectivity index (χ2v) is 8.25. The molecule has 8 heteroatoms. The summed E-state index contributed by atoms with van der Waals surface area (Å²) < 4.78 is 13.1. The Hall–Kier alpha value is -1.81. The number of hydrogen-bond acceptors (Lipinski definition) is 4. The summed E-state index contributed by atoms with van der Waals surface area (Å²) in [6.45, 7) is 11.1. The van der Waals surface area contributed by atoms with E-state index in [1.54, 1.807) is 7.11 Å². The molecule has 178 valence electrons. The molecular weight excluding hydrogens is 517 g/mol. The Balaban J connectivity index is 0.00000363. The maximum Gasteiger partial charge on any atom is 0.191 e. The van der Waals surface area contributed by atoms with Gasteiger partial charge in [0.25, 0.3) is 0 Å². The van der Waals surface area contributed by atoms with Crippen LogP contribution in [-0.4, -0.2) is 55.7 Å². The molecule has 1 fully saturated rings. The molecule has 1 aromatic heterocycles. The first kappa shape index (κ1) is 26.4. The van der Waals surface area contributed by atoms with Crippen LogP contribution in [0.4, 0.5) is 0 Å². The number of hydrogen-bond donors (Lipinski definition) is 2. The van der Waals surface area contributed by atoms with Gasteiger partial charge in [0, 0.05) is 44.0 Å². The van der Waals surface area contributed by atoms with E-state index in [2.05, 4.69) is 52.5 Å². The average Bonchev–Trinajstić information content (AvgIpc) is 3.12. The summed E-state index contributed by atoms with van der Waals surface area (Å²) in [6.07, 6.45) is 2.93. The Labute approximate surface area is 209 Å². The molecule has 0 amide bonds. The summed E-state index contributed by atoms with van der Waals surface area (Å²) in [4.78, 5) is 4.98. The van der Waals surface area contributed by atoms with Gasteiger partial charge >= 0.3 is 0 Å². The van der Waals surface area contributed by atoms with Gasteiger partial charge in [-0.3, -0.25) is 9.67 Å². The van der Waals surface area contributed by atoms with Crippen molar-refractivity contribution in [1.29, 1.82) is 0 Å². The Kier molecular flexibility index (Phi) is 10.8. The second kappa shape index (κ2) is 13.0. The smallest absolute Gasteiger partial charge is 0.191 e. The van der Waals surface area contributed by atoms with E-state index in [9.17, 15) is 0 Å². The SMILES string of the molecule is CCNC(=NCC1(c2ccc(OC)cc2)CCOCC1)NCCCn1nc(C)cc1C.I. The molecule has 32 heavy (non-hydrogen) atoms. The summed E-state index contributed by atoms with van der Waals surface area (Å²) in [7, 11) is 1.70. The topological polar surface area (TPSA) is 72.7 Å². The second-order valence-electron chi connectivity index (χ2n) is 8.25. The van der Waals surface area contributed by atoms with Crippen molar-refractivity contribution < 1.29 is 9.47 Å². The maximum atomic E-state index is 5.67. The normalized spacial score (nSPS) is 15.7. The highest BCUT2D eigenvalue weighted by molar-refractivity contribution is 14.0. The van der Waals surface area contributed by atoms with E-state index in [0.29, 0.717) is 0 Å². The van der Waals surface area contributed by atoms with Crippen LogP contribution in [-0.2, 0) is 16.7 Å². The van der Waals surface area contributed by atoms with Gasteiger partial charge in [0.2, 0.25) is 0 Å². The number of ether oxygens (including phenoxy) is 2. The van der Waals surface area contributed by atoms with Gasteiger partial charge in [0.15, 0.2) is 5.96 Å². The number of nitrogens with one attached hydrogen (secondary N) is 2. The summed E-state index contributed by atoms with van der Waals surface area (Å²) in [6, 6.07) is 10.5. The van der Waals surface area contributed by atoms with Crippen LogP contribution in [0, 0.1) is 13.8 Å². The molecule has 0 unspecified atom stereocenters. The Bertz CT molecular complexity index is 845. The van der Waals surface area contributed by atoms with Crippen molar-refractivity contribution in [3.8, 4) is 5.75 Å². The standard InChI is InChI=1S/C24H37N5O2.HI/c1-5-25-23(26-13-6-14-29-20(3)17-19(2)28-29)27-18-24(11-15-31-16-12-24)21-7-9-22(30-4)10-8-21;/h7-10,17H,5-6,11-16,18H2,1-4H3,(H2,25,26,27);1H. The largest absolute Gasteiger partial charge is 0.497 e. The van der Waals surface area contributed by atoms with Crippen LogP contribution in [0.5, 0.6) is 5.75 Å². The van der Waals surface area contributed by atoms with E-state index in [4.69, 9.17) is 14.5 Å². The number of aliphatic imine (C=N–C) groups is 1. The minimum Gasteiger partial charge on any atom is -0.497 e. The van der Waals surface area contributed by atoms with E-state index < -0.39 is 0 Å². The molecular formula is C24H38IN5O2. The number of aryl methyl sites for hydroxylation is 3. The van der Waals surface area contributed by atoms with Gasteiger partial charge in [0.05, 0.1) is 19.3 Å². The fourth-order valence-corrected chi connectivity index (χ4v) is 4.15. The third kappa shape index (κ3) is 7.10. The molecule has 1 saturated heterocycles. The molecule has 0 radical (unpaired) electrons. The maximum absolute atomic E-state index is 5.67. The molecule has 3 rings (SSSR count). The zero-order chi connectivity index (χ0) is 22.1. The minimum absolute atomic E-state index is 0. The summed E-state index contributed by atoms with van der Waals surface area (Å²) in [5.41, 5.74) is 3.58. The van der Waals surface area contributed by atoms with Crippen molar-refractivity contribution in [1.82, 2.24) is 20.4 Å².